The average Bonchev–Trinajstić information content (AvgIpc) is 2.71. The summed E-state index contributed by atoms with van der Waals surface area (Å²) in [5.41, 5.74) is 2.01. The first-order valence-electron chi connectivity index (χ1n) is 5.53. The van der Waals surface area contributed by atoms with E-state index in [0.29, 0.717) is 10.0 Å². The van der Waals surface area contributed by atoms with Gasteiger partial charge in [-0.3, -0.25) is 0 Å². The Morgan fingerprint density at radius 2 is 1.95 bits per heavy atom. The zero-order valence-corrected chi connectivity index (χ0v) is 11.6. The normalized spacial score (nSPS) is 12.5. The van der Waals surface area contributed by atoms with Gasteiger partial charge in [0, 0.05) is 22.2 Å². The van der Waals surface area contributed by atoms with Crippen LogP contribution in [0.5, 0.6) is 0 Å². The molecule has 2 aromatic rings. The fraction of sp³-hybridized carbons (Fsp3) is 0.0714. The van der Waals surface area contributed by atoms with Crippen LogP contribution in [0.25, 0.3) is 17.0 Å². The lowest BCUT2D eigenvalue weighted by Gasteiger charge is -1.94. The lowest BCUT2D eigenvalue weighted by Crippen LogP contribution is -1.94. The Morgan fingerprint density at radius 1 is 1.26 bits per heavy atom. The van der Waals surface area contributed by atoms with E-state index in [1.807, 2.05) is 6.07 Å². The molecule has 5 heteroatoms. The largest absolute Gasteiger partial charge is 0.478 e. The number of nitrogens with one attached hydrogen (secondary N) is 1. The highest BCUT2D eigenvalue weighted by Crippen LogP contribution is 2.28. The molecule has 2 N–H and O–H groups in total. The summed E-state index contributed by atoms with van der Waals surface area (Å²) in [6, 6.07) is 5.46. The Kier molecular flexibility index (Phi) is 3.98. The first kappa shape index (κ1) is 13.7. The van der Waals surface area contributed by atoms with Gasteiger partial charge < -0.3 is 10.1 Å². The molecule has 0 aliphatic rings. The monoisotopic (exact) mass is 295 g/mol. The van der Waals surface area contributed by atoms with Gasteiger partial charge in [-0.15, -0.1) is 0 Å². The molecule has 0 amide bonds. The zero-order valence-electron chi connectivity index (χ0n) is 10.1. The Hall–Kier alpha value is -1.71. The van der Waals surface area contributed by atoms with Crippen molar-refractivity contribution in [3.63, 3.8) is 0 Å². The number of hydrogen-bond donors (Lipinski definition) is 2. The number of hydrogen-bond acceptors (Lipinski definition) is 1. The summed E-state index contributed by atoms with van der Waals surface area (Å²) in [4.78, 5) is 13.8. The molecule has 98 valence electrons. The molecule has 2 rings (SSSR count). The number of aromatic amines is 1. The average molecular weight is 296 g/mol. The second-order valence-electron chi connectivity index (χ2n) is 4.09. The topological polar surface area (TPSA) is 53.1 Å². The van der Waals surface area contributed by atoms with Gasteiger partial charge in [-0.05, 0) is 31.2 Å². The second kappa shape index (κ2) is 5.51. The summed E-state index contributed by atoms with van der Waals surface area (Å²) in [6.45, 7) is 1.54. The van der Waals surface area contributed by atoms with Crippen LogP contribution >= 0.6 is 23.2 Å². The minimum absolute atomic E-state index is 0.276. The third-order valence-corrected chi connectivity index (χ3v) is 3.36. The molecule has 0 bridgehead atoms. The maximum absolute atomic E-state index is 10.6. The van der Waals surface area contributed by atoms with Gasteiger partial charge in [0.2, 0.25) is 0 Å². The minimum Gasteiger partial charge on any atom is -0.478 e. The van der Waals surface area contributed by atoms with Crippen LogP contribution in [0.3, 0.4) is 0 Å². The predicted octanol–water partition coefficient (Wildman–Crippen LogP) is 4.52. The molecule has 0 aliphatic heterocycles. The molecule has 0 radical (unpaired) electrons. The number of carboxylic acids is 1. The van der Waals surface area contributed by atoms with Crippen LogP contribution in [0.4, 0.5) is 0 Å². The highest BCUT2D eigenvalue weighted by atomic mass is 35.5. The van der Waals surface area contributed by atoms with Gasteiger partial charge in [0.25, 0.3) is 0 Å². The first-order valence-corrected chi connectivity index (χ1v) is 6.29. The summed E-state index contributed by atoms with van der Waals surface area (Å²) in [5, 5.41) is 10.7. The lowest BCUT2D eigenvalue weighted by molar-refractivity contribution is -0.132. The summed E-state index contributed by atoms with van der Waals surface area (Å²) < 4.78 is 0. The van der Waals surface area contributed by atoms with E-state index < -0.39 is 5.97 Å². The lowest BCUT2D eigenvalue weighted by atomic mass is 10.2. The third-order valence-electron chi connectivity index (χ3n) is 2.64. The molecular formula is C14H11Cl2NO2. The molecule has 19 heavy (non-hydrogen) atoms. The molecule has 0 spiro atoms. The smallest absolute Gasteiger partial charge is 0.331 e. The molecule has 3 nitrogen and oxygen atoms in total. The molecule has 0 atom stereocenters. The van der Waals surface area contributed by atoms with Crippen molar-refractivity contribution in [2.24, 2.45) is 0 Å². The van der Waals surface area contributed by atoms with Crippen LogP contribution in [0, 0.1) is 0 Å². The fourth-order valence-corrected chi connectivity index (χ4v) is 1.94. The molecule has 1 heterocycles. The summed E-state index contributed by atoms with van der Waals surface area (Å²) in [6.07, 6.45) is 5.00. The molecule has 0 saturated carbocycles. The summed E-state index contributed by atoms with van der Waals surface area (Å²) in [7, 11) is 0. The van der Waals surface area contributed by atoms with E-state index in [-0.39, 0.29) is 5.57 Å². The van der Waals surface area contributed by atoms with E-state index in [2.05, 4.69) is 4.98 Å². The Balaban J connectivity index is 2.30. The van der Waals surface area contributed by atoms with Gasteiger partial charge >= 0.3 is 5.97 Å². The van der Waals surface area contributed by atoms with Crippen LogP contribution < -0.4 is 0 Å². The van der Waals surface area contributed by atoms with Crippen molar-refractivity contribution < 1.29 is 9.90 Å². The van der Waals surface area contributed by atoms with Gasteiger partial charge in [-0.1, -0.05) is 35.4 Å². The van der Waals surface area contributed by atoms with Gasteiger partial charge in [0.1, 0.15) is 0 Å². The Morgan fingerprint density at radius 3 is 2.63 bits per heavy atom. The van der Waals surface area contributed by atoms with E-state index in [1.54, 1.807) is 24.3 Å². The van der Waals surface area contributed by atoms with Crippen molar-refractivity contribution in [2.75, 3.05) is 0 Å². The van der Waals surface area contributed by atoms with Gasteiger partial charge in [-0.2, -0.15) is 0 Å². The van der Waals surface area contributed by atoms with Crippen LogP contribution in [-0.4, -0.2) is 16.1 Å². The highest BCUT2D eigenvalue weighted by molar-refractivity contribution is 6.42. The molecule has 0 fully saturated rings. The highest BCUT2D eigenvalue weighted by Gasteiger charge is 2.03. The Bertz CT molecular complexity index is 660. The number of rotatable bonds is 3. The van der Waals surface area contributed by atoms with E-state index in [4.69, 9.17) is 28.3 Å². The predicted molar refractivity (Wildman–Crippen MR) is 78.7 cm³/mol. The van der Waals surface area contributed by atoms with Gasteiger partial charge in [-0.25, -0.2) is 4.79 Å². The standard InChI is InChI=1S/C14H11Cl2NO2/c1-8(14(18)19)3-2-4-10-5-9-6-11(15)12(16)7-13(9)17-10/h2-7,17H,1H3,(H,18,19). The number of H-pyrrole nitrogens is 1. The van der Waals surface area contributed by atoms with E-state index in [0.717, 1.165) is 16.6 Å². The number of fused-ring (bicyclic) bond motifs is 1. The van der Waals surface area contributed by atoms with E-state index in [1.165, 1.54) is 13.0 Å². The number of carbonyl (C=O) groups is 1. The van der Waals surface area contributed by atoms with E-state index in [9.17, 15) is 4.79 Å². The van der Waals surface area contributed by atoms with Crippen molar-refractivity contribution >= 4 is 46.2 Å². The molecule has 1 aromatic heterocycles. The number of aliphatic carboxylic acids is 1. The number of halogens is 2. The summed E-state index contributed by atoms with van der Waals surface area (Å²) >= 11 is 11.9. The molecule has 1 aromatic carbocycles. The maximum Gasteiger partial charge on any atom is 0.331 e. The van der Waals surface area contributed by atoms with Gasteiger partial charge in [0.05, 0.1) is 10.0 Å². The maximum atomic E-state index is 10.6. The van der Waals surface area contributed by atoms with Crippen molar-refractivity contribution in [2.45, 2.75) is 6.92 Å². The number of aromatic nitrogens is 1. The molecule has 0 aliphatic carbocycles. The second-order valence-corrected chi connectivity index (χ2v) is 4.91. The van der Waals surface area contributed by atoms with Crippen molar-refractivity contribution in [3.05, 3.63) is 51.7 Å². The van der Waals surface area contributed by atoms with Crippen LogP contribution in [0.1, 0.15) is 12.6 Å². The molecule has 0 unspecified atom stereocenters. The fourth-order valence-electron chi connectivity index (χ4n) is 1.61. The number of carboxylic acid groups (broad SMARTS) is 1. The zero-order chi connectivity index (χ0) is 14.0. The van der Waals surface area contributed by atoms with Crippen molar-refractivity contribution in [1.29, 1.82) is 0 Å². The van der Waals surface area contributed by atoms with Gasteiger partial charge in [0.15, 0.2) is 0 Å². The molecule has 0 saturated heterocycles. The third kappa shape index (κ3) is 3.19. The summed E-state index contributed by atoms with van der Waals surface area (Å²) in [5.74, 6) is -0.931. The number of benzene rings is 1. The minimum atomic E-state index is -0.931. The van der Waals surface area contributed by atoms with Crippen LogP contribution in [0.15, 0.2) is 35.9 Å². The quantitative estimate of drug-likeness (QED) is 0.646. The molecular weight excluding hydrogens is 285 g/mol. The SMILES string of the molecule is CC(=CC=Cc1cc2cc(Cl)c(Cl)cc2[nH]1)C(=O)O. The van der Waals surface area contributed by atoms with Crippen LogP contribution in [-0.2, 0) is 4.79 Å². The Labute approximate surface area is 120 Å². The van der Waals surface area contributed by atoms with Crippen LogP contribution in [0.2, 0.25) is 10.0 Å². The number of allylic oxidation sites excluding steroid dienone is 2. The van der Waals surface area contributed by atoms with Crippen molar-refractivity contribution in [3.8, 4) is 0 Å². The van der Waals surface area contributed by atoms with Crippen molar-refractivity contribution in [1.82, 2.24) is 4.98 Å². The van der Waals surface area contributed by atoms with E-state index >= 15 is 0 Å². The first-order chi connectivity index (χ1) is 8.97.